The lowest BCUT2D eigenvalue weighted by Gasteiger charge is -2.09. The molecule has 1 N–H and O–H groups in total. The standard InChI is InChI=1S/C18H21NO2/c1-4-21-17-11-9-16(10-12-17)19-18(20)15-7-5-14(6-8-15)13(2)3/h5-13H,4H2,1-3H3,(H,19,20). The van der Waals surface area contributed by atoms with E-state index < -0.39 is 0 Å². The molecule has 0 aliphatic rings. The van der Waals surface area contributed by atoms with Crippen LogP contribution in [-0.4, -0.2) is 12.5 Å². The molecule has 0 atom stereocenters. The number of hydrogen-bond acceptors (Lipinski definition) is 2. The maximum atomic E-state index is 12.2. The van der Waals surface area contributed by atoms with Crippen molar-refractivity contribution in [2.75, 3.05) is 11.9 Å². The second kappa shape index (κ2) is 6.93. The zero-order valence-electron chi connectivity index (χ0n) is 12.7. The lowest BCUT2D eigenvalue weighted by molar-refractivity contribution is 0.102. The molecular formula is C18H21NO2. The van der Waals surface area contributed by atoms with Crippen LogP contribution in [0.4, 0.5) is 5.69 Å². The van der Waals surface area contributed by atoms with E-state index in [1.54, 1.807) is 0 Å². The molecule has 21 heavy (non-hydrogen) atoms. The van der Waals surface area contributed by atoms with Crippen molar-refractivity contribution in [2.24, 2.45) is 0 Å². The van der Waals surface area contributed by atoms with E-state index in [0.29, 0.717) is 18.1 Å². The van der Waals surface area contributed by atoms with Crippen LogP contribution < -0.4 is 10.1 Å². The summed E-state index contributed by atoms with van der Waals surface area (Å²) in [5.74, 6) is 1.17. The zero-order valence-corrected chi connectivity index (χ0v) is 12.7. The molecule has 3 nitrogen and oxygen atoms in total. The lowest BCUT2D eigenvalue weighted by atomic mass is 10.0. The number of benzene rings is 2. The van der Waals surface area contributed by atoms with Gasteiger partial charge in [0.1, 0.15) is 5.75 Å². The fourth-order valence-corrected chi connectivity index (χ4v) is 2.02. The molecule has 0 bridgehead atoms. The summed E-state index contributed by atoms with van der Waals surface area (Å²) in [6, 6.07) is 15.1. The third-order valence-corrected chi connectivity index (χ3v) is 3.26. The van der Waals surface area contributed by atoms with Crippen molar-refractivity contribution in [3.8, 4) is 5.75 Å². The van der Waals surface area contributed by atoms with Gasteiger partial charge in [0, 0.05) is 11.3 Å². The van der Waals surface area contributed by atoms with Crippen LogP contribution in [0, 0.1) is 0 Å². The van der Waals surface area contributed by atoms with Gasteiger partial charge in [0.25, 0.3) is 5.91 Å². The van der Waals surface area contributed by atoms with E-state index in [1.165, 1.54) is 5.56 Å². The van der Waals surface area contributed by atoms with Gasteiger partial charge >= 0.3 is 0 Å². The molecule has 1 amide bonds. The Morgan fingerprint density at radius 1 is 1.05 bits per heavy atom. The van der Waals surface area contributed by atoms with Gasteiger partial charge in [-0.15, -0.1) is 0 Å². The van der Waals surface area contributed by atoms with Crippen LogP contribution in [0.15, 0.2) is 48.5 Å². The van der Waals surface area contributed by atoms with Crippen molar-refractivity contribution in [3.63, 3.8) is 0 Å². The quantitative estimate of drug-likeness (QED) is 0.879. The number of hydrogen-bond donors (Lipinski definition) is 1. The molecule has 0 spiro atoms. The first-order chi connectivity index (χ1) is 10.1. The van der Waals surface area contributed by atoms with E-state index in [9.17, 15) is 4.79 Å². The molecule has 0 saturated heterocycles. The Bertz CT molecular complexity index is 586. The summed E-state index contributed by atoms with van der Waals surface area (Å²) in [5, 5.41) is 2.88. The SMILES string of the molecule is CCOc1ccc(NC(=O)c2ccc(C(C)C)cc2)cc1. The number of rotatable bonds is 5. The van der Waals surface area contributed by atoms with Crippen molar-refractivity contribution in [2.45, 2.75) is 26.7 Å². The Balaban J connectivity index is 2.03. The zero-order chi connectivity index (χ0) is 15.2. The molecule has 0 saturated carbocycles. The van der Waals surface area contributed by atoms with Crippen molar-refractivity contribution >= 4 is 11.6 Å². The number of anilines is 1. The molecular weight excluding hydrogens is 262 g/mol. The molecule has 3 heteroatoms. The molecule has 2 aromatic carbocycles. The van der Waals surface area contributed by atoms with Crippen LogP contribution in [0.3, 0.4) is 0 Å². The van der Waals surface area contributed by atoms with Gasteiger partial charge in [-0.2, -0.15) is 0 Å². The van der Waals surface area contributed by atoms with Gasteiger partial charge in [0.2, 0.25) is 0 Å². The van der Waals surface area contributed by atoms with Gasteiger partial charge < -0.3 is 10.1 Å². The van der Waals surface area contributed by atoms with Crippen molar-refractivity contribution in [1.82, 2.24) is 0 Å². The second-order valence-electron chi connectivity index (χ2n) is 5.19. The number of carbonyl (C=O) groups is 1. The summed E-state index contributed by atoms with van der Waals surface area (Å²) >= 11 is 0. The predicted octanol–water partition coefficient (Wildman–Crippen LogP) is 4.46. The normalized spacial score (nSPS) is 10.5. The van der Waals surface area contributed by atoms with E-state index in [4.69, 9.17) is 4.74 Å². The van der Waals surface area contributed by atoms with Crippen molar-refractivity contribution < 1.29 is 9.53 Å². The highest BCUT2D eigenvalue weighted by molar-refractivity contribution is 6.04. The Labute approximate surface area is 126 Å². The molecule has 0 unspecified atom stereocenters. The minimum absolute atomic E-state index is 0.102. The summed E-state index contributed by atoms with van der Waals surface area (Å²) in [6.07, 6.45) is 0. The highest BCUT2D eigenvalue weighted by Crippen LogP contribution is 2.18. The van der Waals surface area contributed by atoms with Crippen molar-refractivity contribution in [3.05, 3.63) is 59.7 Å². The van der Waals surface area contributed by atoms with Gasteiger partial charge in [-0.25, -0.2) is 0 Å². The number of carbonyl (C=O) groups excluding carboxylic acids is 1. The fourth-order valence-electron chi connectivity index (χ4n) is 2.02. The van der Waals surface area contributed by atoms with Crippen LogP contribution in [0.5, 0.6) is 5.75 Å². The molecule has 0 radical (unpaired) electrons. The predicted molar refractivity (Wildman–Crippen MR) is 86.1 cm³/mol. The summed E-state index contributed by atoms with van der Waals surface area (Å²) in [6.45, 7) is 6.84. The minimum Gasteiger partial charge on any atom is -0.494 e. The molecule has 0 aromatic heterocycles. The maximum Gasteiger partial charge on any atom is 0.255 e. The summed E-state index contributed by atoms with van der Waals surface area (Å²) in [7, 11) is 0. The van der Waals surface area contributed by atoms with Gasteiger partial charge in [-0.3, -0.25) is 4.79 Å². The van der Waals surface area contributed by atoms with Crippen LogP contribution in [0.2, 0.25) is 0 Å². The highest BCUT2D eigenvalue weighted by atomic mass is 16.5. The van der Waals surface area contributed by atoms with Gasteiger partial charge in [0.05, 0.1) is 6.61 Å². The van der Waals surface area contributed by atoms with Crippen LogP contribution in [0.1, 0.15) is 42.6 Å². The molecule has 2 aromatic rings. The van der Waals surface area contributed by atoms with Gasteiger partial charge in [-0.05, 0) is 54.8 Å². The smallest absolute Gasteiger partial charge is 0.255 e. The van der Waals surface area contributed by atoms with E-state index in [-0.39, 0.29) is 5.91 Å². The first kappa shape index (κ1) is 15.1. The van der Waals surface area contributed by atoms with Crippen LogP contribution in [-0.2, 0) is 0 Å². The van der Waals surface area contributed by atoms with Crippen LogP contribution >= 0.6 is 0 Å². The maximum absolute atomic E-state index is 12.2. The van der Waals surface area contributed by atoms with E-state index in [0.717, 1.165) is 11.4 Å². The second-order valence-corrected chi connectivity index (χ2v) is 5.19. The average Bonchev–Trinajstić information content (AvgIpc) is 2.49. The fraction of sp³-hybridized carbons (Fsp3) is 0.278. The third-order valence-electron chi connectivity index (χ3n) is 3.26. The molecule has 0 fully saturated rings. The average molecular weight is 283 g/mol. The number of ether oxygens (including phenoxy) is 1. The largest absolute Gasteiger partial charge is 0.494 e. The topological polar surface area (TPSA) is 38.3 Å². The third kappa shape index (κ3) is 4.09. The minimum atomic E-state index is -0.102. The molecule has 110 valence electrons. The Kier molecular flexibility index (Phi) is 4.99. The summed E-state index contributed by atoms with van der Waals surface area (Å²) in [4.78, 5) is 12.2. The first-order valence-electron chi connectivity index (χ1n) is 7.24. The molecule has 0 heterocycles. The monoisotopic (exact) mass is 283 g/mol. The highest BCUT2D eigenvalue weighted by Gasteiger charge is 2.07. The number of amides is 1. The number of nitrogens with one attached hydrogen (secondary N) is 1. The van der Waals surface area contributed by atoms with E-state index in [1.807, 2.05) is 55.5 Å². The van der Waals surface area contributed by atoms with Crippen LogP contribution in [0.25, 0.3) is 0 Å². The van der Waals surface area contributed by atoms with Gasteiger partial charge in [-0.1, -0.05) is 26.0 Å². The molecule has 2 rings (SSSR count). The van der Waals surface area contributed by atoms with Gasteiger partial charge in [0.15, 0.2) is 0 Å². The summed E-state index contributed by atoms with van der Waals surface area (Å²) < 4.78 is 5.37. The Hall–Kier alpha value is -2.29. The first-order valence-corrected chi connectivity index (χ1v) is 7.24. The van der Waals surface area contributed by atoms with E-state index in [2.05, 4.69) is 19.2 Å². The Morgan fingerprint density at radius 2 is 1.67 bits per heavy atom. The lowest BCUT2D eigenvalue weighted by Crippen LogP contribution is -2.11. The molecule has 0 aliphatic heterocycles. The molecule has 0 aliphatic carbocycles. The Morgan fingerprint density at radius 3 is 2.19 bits per heavy atom. The summed E-state index contributed by atoms with van der Waals surface area (Å²) in [5.41, 5.74) is 2.65. The van der Waals surface area contributed by atoms with Crippen molar-refractivity contribution in [1.29, 1.82) is 0 Å². The van der Waals surface area contributed by atoms with E-state index >= 15 is 0 Å².